The molecule has 1 aromatic heterocycles. The number of benzene rings is 2. The highest BCUT2D eigenvalue weighted by atomic mass is 35.5. The smallest absolute Gasteiger partial charge is 0.190 e. The third-order valence-electron chi connectivity index (χ3n) is 3.67. The number of anilines is 2. The van der Waals surface area contributed by atoms with Crippen LogP contribution in [0.5, 0.6) is 0 Å². The predicted molar refractivity (Wildman–Crippen MR) is 105 cm³/mol. The summed E-state index contributed by atoms with van der Waals surface area (Å²) in [7, 11) is 0. The minimum absolute atomic E-state index is 0.503. The normalized spacial score (nSPS) is 10.8. The summed E-state index contributed by atoms with van der Waals surface area (Å²) < 4.78 is 1.15. The molecule has 3 nitrogen and oxygen atoms in total. The van der Waals surface area contributed by atoms with Crippen molar-refractivity contribution in [2.75, 3.05) is 10.6 Å². The van der Waals surface area contributed by atoms with Gasteiger partial charge >= 0.3 is 0 Å². The van der Waals surface area contributed by atoms with E-state index in [9.17, 15) is 0 Å². The molecule has 0 spiro atoms. The van der Waals surface area contributed by atoms with Gasteiger partial charge in [-0.15, -0.1) is 0 Å². The van der Waals surface area contributed by atoms with Crippen molar-refractivity contribution in [3.8, 4) is 0 Å². The lowest BCUT2D eigenvalue weighted by molar-refractivity contribution is 1.35. The van der Waals surface area contributed by atoms with Crippen molar-refractivity contribution in [1.29, 1.82) is 0 Å². The second-order valence-electron chi connectivity index (χ2n) is 5.46. The van der Waals surface area contributed by atoms with Crippen LogP contribution in [0.25, 0.3) is 10.2 Å². The van der Waals surface area contributed by atoms with Gasteiger partial charge in [0.05, 0.1) is 10.2 Å². The second-order valence-corrected chi connectivity index (χ2v) is 7.34. The van der Waals surface area contributed by atoms with Gasteiger partial charge in [0.15, 0.2) is 10.2 Å². The van der Waals surface area contributed by atoms with E-state index in [4.69, 9.17) is 23.8 Å². The Labute approximate surface area is 149 Å². The van der Waals surface area contributed by atoms with E-state index in [1.807, 2.05) is 25.1 Å². The Kier molecular flexibility index (Phi) is 4.53. The second kappa shape index (κ2) is 6.43. The monoisotopic (exact) mass is 361 g/mol. The fourth-order valence-electron chi connectivity index (χ4n) is 2.21. The number of halogens is 1. The highest BCUT2D eigenvalue weighted by molar-refractivity contribution is 7.80. The fourth-order valence-corrected chi connectivity index (χ4v) is 3.61. The number of thiazole rings is 1. The van der Waals surface area contributed by atoms with Crippen LogP contribution in [0.4, 0.5) is 10.8 Å². The Morgan fingerprint density at radius 2 is 1.78 bits per heavy atom. The van der Waals surface area contributed by atoms with E-state index in [1.165, 1.54) is 11.1 Å². The lowest BCUT2D eigenvalue weighted by Crippen LogP contribution is -2.19. The topological polar surface area (TPSA) is 37.0 Å². The molecule has 0 saturated heterocycles. The molecule has 0 saturated carbocycles. The summed E-state index contributed by atoms with van der Waals surface area (Å²) in [4.78, 5) is 4.59. The molecule has 118 valence electrons. The first-order chi connectivity index (χ1) is 10.9. The summed E-state index contributed by atoms with van der Waals surface area (Å²) >= 11 is 13.0. The standard InChI is InChI=1S/C17H16ClN3S2/c1-9-4-5-12(18)8-13(9)19-16(22)21-17-20-14-6-10(2)11(3)7-15(14)23-17/h4-8H,1-3H3,(H2,19,20,21,22). The fraction of sp³-hybridized carbons (Fsp3) is 0.176. The van der Waals surface area contributed by atoms with E-state index >= 15 is 0 Å². The summed E-state index contributed by atoms with van der Waals surface area (Å²) in [5, 5.41) is 8.27. The lowest BCUT2D eigenvalue weighted by atomic mass is 10.1. The molecular formula is C17H16ClN3S2. The molecule has 0 aliphatic rings. The predicted octanol–water partition coefficient (Wildman–Crippen LogP) is 5.68. The summed E-state index contributed by atoms with van der Waals surface area (Å²) in [6.45, 7) is 6.20. The molecule has 3 aromatic rings. The van der Waals surface area contributed by atoms with Gasteiger partial charge in [-0.25, -0.2) is 4.98 Å². The quantitative estimate of drug-likeness (QED) is 0.575. The Morgan fingerprint density at radius 1 is 1.04 bits per heavy atom. The number of nitrogens with one attached hydrogen (secondary N) is 2. The Balaban J connectivity index is 1.78. The van der Waals surface area contributed by atoms with Crippen molar-refractivity contribution in [3.05, 3.63) is 52.0 Å². The molecule has 0 fully saturated rings. The third-order valence-corrected chi connectivity index (χ3v) is 5.05. The molecule has 0 aliphatic carbocycles. The molecule has 23 heavy (non-hydrogen) atoms. The molecule has 0 bridgehead atoms. The number of nitrogens with zero attached hydrogens (tertiary/aromatic N) is 1. The van der Waals surface area contributed by atoms with Crippen molar-refractivity contribution in [1.82, 2.24) is 4.98 Å². The zero-order valence-corrected chi connectivity index (χ0v) is 15.4. The van der Waals surface area contributed by atoms with Crippen LogP contribution in [0.15, 0.2) is 30.3 Å². The van der Waals surface area contributed by atoms with Crippen LogP contribution >= 0.6 is 35.2 Å². The first kappa shape index (κ1) is 16.2. The third kappa shape index (κ3) is 3.63. The van der Waals surface area contributed by atoms with Crippen LogP contribution in [-0.4, -0.2) is 10.1 Å². The number of thiocarbonyl (C=S) groups is 1. The van der Waals surface area contributed by atoms with Crippen molar-refractivity contribution in [2.24, 2.45) is 0 Å². The molecule has 0 radical (unpaired) electrons. The number of hydrogen-bond donors (Lipinski definition) is 2. The van der Waals surface area contributed by atoms with E-state index in [-0.39, 0.29) is 0 Å². The van der Waals surface area contributed by atoms with E-state index in [2.05, 4.69) is 41.6 Å². The Hall–Kier alpha value is -1.69. The van der Waals surface area contributed by atoms with E-state index < -0.39 is 0 Å². The summed E-state index contributed by atoms with van der Waals surface area (Å²) in [5.41, 5.74) is 5.46. The van der Waals surface area contributed by atoms with Gasteiger partial charge in [-0.05, 0) is 73.9 Å². The lowest BCUT2D eigenvalue weighted by Gasteiger charge is -2.11. The Morgan fingerprint density at radius 3 is 2.57 bits per heavy atom. The molecule has 3 rings (SSSR count). The number of aromatic nitrogens is 1. The van der Waals surface area contributed by atoms with Crippen LogP contribution in [0.1, 0.15) is 16.7 Å². The molecule has 0 amide bonds. The number of fused-ring (bicyclic) bond motifs is 1. The van der Waals surface area contributed by atoms with Crippen LogP contribution in [0.2, 0.25) is 5.02 Å². The largest absolute Gasteiger partial charge is 0.332 e. The highest BCUT2D eigenvalue weighted by Crippen LogP contribution is 2.28. The minimum Gasteiger partial charge on any atom is -0.332 e. The number of aryl methyl sites for hydroxylation is 3. The van der Waals surface area contributed by atoms with Gasteiger partial charge in [0, 0.05) is 10.7 Å². The van der Waals surface area contributed by atoms with Crippen molar-refractivity contribution in [2.45, 2.75) is 20.8 Å². The van der Waals surface area contributed by atoms with Gasteiger partial charge in [0.25, 0.3) is 0 Å². The van der Waals surface area contributed by atoms with E-state index in [1.54, 1.807) is 11.3 Å². The van der Waals surface area contributed by atoms with Gasteiger partial charge < -0.3 is 10.6 Å². The van der Waals surface area contributed by atoms with Gasteiger partial charge in [0.2, 0.25) is 0 Å². The zero-order valence-electron chi connectivity index (χ0n) is 13.0. The molecule has 0 aliphatic heterocycles. The van der Waals surface area contributed by atoms with E-state index in [0.717, 1.165) is 26.6 Å². The minimum atomic E-state index is 0.503. The molecule has 0 atom stereocenters. The van der Waals surface area contributed by atoms with Crippen LogP contribution in [-0.2, 0) is 0 Å². The SMILES string of the molecule is Cc1cc2nc(NC(=S)Nc3cc(Cl)ccc3C)sc2cc1C. The van der Waals surface area contributed by atoms with Crippen molar-refractivity contribution >= 4 is 61.3 Å². The molecular weight excluding hydrogens is 346 g/mol. The molecule has 0 unspecified atom stereocenters. The summed E-state index contributed by atoms with van der Waals surface area (Å²) in [6, 6.07) is 9.93. The first-order valence-corrected chi connectivity index (χ1v) is 8.74. The summed E-state index contributed by atoms with van der Waals surface area (Å²) in [5.74, 6) is 0. The number of rotatable bonds is 2. The van der Waals surface area contributed by atoms with Gasteiger partial charge in [-0.1, -0.05) is 29.0 Å². The maximum absolute atomic E-state index is 6.03. The number of hydrogen-bond acceptors (Lipinski definition) is 3. The van der Waals surface area contributed by atoms with Crippen LogP contribution < -0.4 is 10.6 Å². The summed E-state index contributed by atoms with van der Waals surface area (Å²) in [6.07, 6.45) is 0. The van der Waals surface area contributed by atoms with Gasteiger partial charge in [-0.3, -0.25) is 0 Å². The van der Waals surface area contributed by atoms with Crippen LogP contribution in [0.3, 0.4) is 0 Å². The molecule has 1 heterocycles. The van der Waals surface area contributed by atoms with Crippen molar-refractivity contribution < 1.29 is 0 Å². The van der Waals surface area contributed by atoms with Crippen LogP contribution in [0, 0.1) is 20.8 Å². The maximum atomic E-state index is 6.03. The first-order valence-electron chi connectivity index (χ1n) is 7.14. The van der Waals surface area contributed by atoms with Gasteiger partial charge in [0.1, 0.15) is 0 Å². The maximum Gasteiger partial charge on any atom is 0.190 e. The average molecular weight is 362 g/mol. The molecule has 2 N–H and O–H groups in total. The molecule has 2 aromatic carbocycles. The molecule has 6 heteroatoms. The van der Waals surface area contributed by atoms with E-state index in [0.29, 0.717) is 10.1 Å². The zero-order chi connectivity index (χ0) is 16.6. The van der Waals surface area contributed by atoms with Crippen molar-refractivity contribution in [3.63, 3.8) is 0 Å². The highest BCUT2D eigenvalue weighted by Gasteiger charge is 2.08. The Bertz CT molecular complexity index is 863. The van der Waals surface area contributed by atoms with Gasteiger partial charge in [-0.2, -0.15) is 0 Å². The average Bonchev–Trinajstić information content (AvgIpc) is 2.84.